The highest BCUT2D eigenvalue weighted by atomic mass is 16.5. The molecule has 1 aliphatic carbocycles. The van der Waals surface area contributed by atoms with Gasteiger partial charge < -0.3 is 15.8 Å². The predicted octanol–water partition coefficient (Wildman–Crippen LogP) is 1.69. The molecule has 1 aliphatic rings. The maximum Gasteiger partial charge on any atom is 0.0672 e. The van der Waals surface area contributed by atoms with Gasteiger partial charge >= 0.3 is 0 Å². The minimum atomic E-state index is 0.604. The molecule has 1 fully saturated rings. The molecule has 0 amide bonds. The van der Waals surface area contributed by atoms with Crippen LogP contribution in [-0.2, 0) is 4.74 Å². The molecule has 16 heavy (non-hydrogen) atoms. The predicted molar refractivity (Wildman–Crippen MR) is 68.4 cm³/mol. The lowest BCUT2D eigenvalue weighted by atomic mass is 9.84. The van der Waals surface area contributed by atoms with E-state index in [0.29, 0.717) is 18.6 Å². The van der Waals surface area contributed by atoms with Crippen molar-refractivity contribution in [1.82, 2.24) is 5.32 Å². The highest BCUT2D eigenvalue weighted by Crippen LogP contribution is 2.23. The number of hydrogen-bond donors (Lipinski definition) is 2. The third-order valence-corrected chi connectivity index (χ3v) is 3.21. The summed E-state index contributed by atoms with van der Waals surface area (Å²) in [4.78, 5) is 0. The van der Waals surface area contributed by atoms with Crippen molar-refractivity contribution in [3.05, 3.63) is 12.2 Å². The van der Waals surface area contributed by atoms with Gasteiger partial charge in [-0.05, 0) is 32.2 Å². The lowest BCUT2D eigenvalue weighted by molar-refractivity contribution is 0.148. The molecular weight excluding hydrogens is 200 g/mol. The van der Waals surface area contributed by atoms with E-state index in [-0.39, 0.29) is 0 Å². The molecule has 0 aromatic carbocycles. The van der Waals surface area contributed by atoms with Crippen LogP contribution in [0.5, 0.6) is 0 Å². The summed E-state index contributed by atoms with van der Waals surface area (Å²) in [6, 6.07) is 0.604. The van der Waals surface area contributed by atoms with Gasteiger partial charge in [-0.3, -0.25) is 0 Å². The minimum absolute atomic E-state index is 0.604. The lowest BCUT2D eigenvalue weighted by Crippen LogP contribution is -2.43. The Morgan fingerprint density at radius 1 is 1.44 bits per heavy atom. The van der Waals surface area contributed by atoms with E-state index in [1.807, 2.05) is 6.92 Å². The van der Waals surface area contributed by atoms with Gasteiger partial charge in [0.1, 0.15) is 0 Å². The summed E-state index contributed by atoms with van der Waals surface area (Å²) >= 11 is 0. The van der Waals surface area contributed by atoms with E-state index < -0.39 is 0 Å². The molecule has 3 nitrogen and oxygen atoms in total. The zero-order valence-electron chi connectivity index (χ0n) is 10.5. The monoisotopic (exact) mass is 226 g/mol. The van der Waals surface area contributed by atoms with Crippen molar-refractivity contribution < 1.29 is 4.74 Å². The summed E-state index contributed by atoms with van der Waals surface area (Å²) < 4.78 is 5.46. The van der Waals surface area contributed by atoms with E-state index >= 15 is 0 Å². The smallest absolute Gasteiger partial charge is 0.0672 e. The van der Waals surface area contributed by atoms with Gasteiger partial charge in [-0.15, -0.1) is 0 Å². The van der Waals surface area contributed by atoms with Crippen molar-refractivity contribution in [3.8, 4) is 0 Å². The molecule has 0 spiro atoms. The Kier molecular flexibility index (Phi) is 6.69. The number of hydrogen-bond acceptors (Lipinski definition) is 3. The van der Waals surface area contributed by atoms with E-state index in [4.69, 9.17) is 10.5 Å². The SMILES string of the molecule is C=C(C)COCCNC1CCCCC1CN. The first-order chi connectivity index (χ1) is 7.74. The van der Waals surface area contributed by atoms with Crippen LogP contribution in [-0.4, -0.2) is 32.3 Å². The molecule has 0 aliphatic heterocycles. The summed E-state index contributed by atoms with van der Waals surface area (Å²) in [5.74, 6) is 0.662. The second-order valence-electron chi connectivity index (χ2n) is 4.85. The van der Waals surface area contributed by atoms with E-state index in [1.54, 1.807) is 0 Å². The lowest BCUT2D eigenvalue weighted by Gasteiger charge is -2.31. The molecule has 0 aromatic rings. The van der Waals surface area contributed by atoms with E-state index in [1.165, 1.54) is 25.7 Å². The third kappa shape index (κ3) is 5.10. The van der Waals surface area contributed by atoms with Crippen LogP contribution in [0, 0.1) is 5.92 Å². The van der Waals surface area contributed by atoms with Crippen molar-refractivity contribution >= 4 is 0 Å². The first-order valence-corrected chi connectivity index (χ1v) is 6.39. The van der Waals surface area contributed by atoms with Crippen molar-refractivity contribution in [2.75, 3.05) is 26.3 Å². The molecule has 0 bridgehead atoms. The van der Waals surface area contributed by atoms with Gasteiger partial charge in [0.15, 0.2) is 0 Å². The van der Waals surface area contributed by atoms with E-state index in [2.05, 4.69) is 11.9 Å². The molecule has 0 aromatic heterocycles. The maximum absolute atomic E-state index is 5.78. The van der Waals surface area contributed by atoms with E-state index in [9.17, 15) is 0 Å². The van der Waals surface area contributed by atoms with E-state index in [0.717, 1.165) is 25.3 Å². The summed E-state index contributed by atoms with van der Waals surface area (Å²) in [6.07, 6.45) is 5.22. The van der Waals surface area contributed by atoms with Crippen LogP contribution < -0.4 is 11.1 Å². The Morgan fingerprint density at radius 3 is 2.88 bits per heavy atom. The minimum Gasteiger partial charge on any atom is -0.376 e. The molecule has 94 valence electrons. The molecule has 2 unspecified atom stereocenters. The van der Waals surface area contributed by atoms with Crippen LogP contribution in [0.15, 0.2) is 12.2 Å². The second-order valence-corrected chi connectivity index (χ2v) is 4.85. The van der Waals surface area contributed by atoms with Crippen molar-refractivity contribution in [2.45, 2.75) is 38.6 Å². The highest BCUT2D eigenvalue weighted by Gasteiger charge is 2.22. The number of ether oxygens (including phenoxy) is 1. The summed E-state index contributed by atoms with van der Waals surface area (Å²) in [5, 5.41) is 3.56. The Bertz CT molecular complexity index is 206. The second kappa shape index (κ2) is 7.82. The zero-order chi connectivity index (χ0) is 11.8. The maximum atomic E-state index is 5.78. The van der Waals surface area contributed by atoms with Gasteiger partial charge in [-0.25, -0.2) is 0 Å². The first kappa shape index (κ1) is 13.7. The van der Waals surface area contributed by atoms with Gasteiger partial charge in [0.2, 0.25) is 0 Å². The van der Waals surface area contributed by atoms with Gasteiger partial charge in [0.25, 0.3) is 0 Å². The third-order valence-electron chi connectivity index (χ3n) is 3.21. The van der Waals surface area contributed by atoms with Crippen LogP contribution in [0.1, 0.15) is 32.6 Å². The van der Waals surface area contributed by atoms with Gasteiger partial charge in [0, 0.05) is 12.6 Å². The summed E-state index contributed by atoms with van der Waals surface area (Å²) in [6.45, 7) is 8.96. The molecule has 3 N–H and O–H groups in total. The molecule has 0 heterocycles. The van der Waals surface area contributed by atoms with Gasteiger partial charge in [-0.2, -0.15) is 0 Å². The summed E-state index contributed by atoms with van der Waals surface area (Å²) in [7, 11) is 0. The largest absolute Gasteiger partial charge is 0.376 e. The quantitative estimate of drug-likeness (QED) is 0.513. The molecule has 0 saturated heterocycles. The topological polar surface area (TPSA) is 47.3 Å². The number of nitrogens with one attached hydrogen (secondary N) is 1. The van der Waals surface area contributed by atoms with Crippen molar-refractivity contribution in [2.24, 2.45) is 11.7 Å². The van der Waals surface area contributed by atoms with Gasteiger partial charge in [0.05, 0.1) is 13.2 Å². The summed E-state index contributed by atoms with van der Waals surface area (Å²) in [5.41, 5.74) is 6.86. The Labute approximate surface area is 99.4 Å². The molecule has 0 radical (unpaired) electrons. The Morgan fingerprint density at radius 2 is 2.19 bits per heavy atom. The highest BCUT2D eigenvalue weighted by molar-refractivity contribution is 4.87. The standard InChI is InChI=1S/C13H26N2O/c1-11(2)10-16-8-7-15-13-6-4-3-5-12(13)9-14/h12-13,15H,1,3-10,14H2,2H3. The van der Waals surface area contributed by atoms with Gasteiger partial charge in [-0.1, -0.05) is 25.0 Å². The molecule has 3 heteroatoms. The number of rotatable bonds is 7. The van der Waals surface area contributed by atoms with Crippen LogP contribution >= 0.6 is 0 Å². The fourth-order valence-electron chi connectivity index (χ4n) is 2.32. The molecule has 1 saturated carbocycles. The van der Waals surface area contributed by atoms with Crippen LogP contribution in [0.25, 0.3) is 0 Å². The van der Waals surface area contributed by atoms with Crippen LogP contribution in [0.4, 0.5) is 0 Å². The van der Waals surface area contributed by atoms with Crippen molar-refractivity contribution in [3.63, 3.8) is 0 Å². The Balaban J connectivity index is 2.08. The molecule has 1 rings (SSSR count). The molecule has 2 atom stereocenters. The average Bonchev–Trinajstić information content (AvgIpc) is 2.29. The van der Waals surface area contributed by atoms with Crippen molar-refractivity contribution in [1.29, 1.82) is 0 Å². The number of nitrogens with two attached hydrogens (primary N) is 1. The fraction of sp³-hybridized carbons (Fsp3) is 0.846. The Hall–Kier alpha value is -0.380. The zero-order valence-corrected chi connectivity index (χ0v) is 10.5. The average molecular weight is 226 g/mol. The van der Waals surface area contributed by atoms with Crippen LogP contribution in [0.3, 0.4) is 0 Å². The molecular formula is C13H26N2O. The first-order valence-electron chi connectivity index (χ1n) is 6.39. The van der Waals surface area contributed by atoms with Crippen LogP contribution in [0.2, 0.25) is 0 Å². The normalized spacial score (nSPS) is 25.6. The fourth-order valence-corrected chi connectivity index (χ4v) is 2.32.